The highest BCUT2D eigenvalue weighted by molar-refractivity contribution is 5.94. The molecular weight excluding hydrogens is 490 g/mol. The quantitative estimate of drug-likeness (QED) is 0.538. The van der Waals surface area contributed by atoms with Crippen LogP contribution in [0.25, 0.3) is 0 Å². The van der Waals surface area contributed by atoms with E-state index < -0.39 is 5.60 Å². The number of anilines is 3. The molecule has 3 aliphatic rings. The third-order valence-electron chi connectivity index (χ3n) is 8.22. The Morgan fingerprint density at radius 1 is 1.08 bits per heavy atom. The number of piperazine rings is 1. The Balaban J connectivity index is 1.46. The van der Waals surface area contributed by atoms with Crippen LogP contribution in [0.15, 0.2) is 36.4 Å². The highest BCUT2D eigenvalue weighted by Gasteiger charge is 2.47. The van der Waals surface area contributed by atoms with E-state index in [1.54, 1.807) is 6.92 Å². The number of hydrogen-bond donors (Lipinski definition) is 1. The zero-order valence-electron chi connectivity index (χ0n) is 24.4. The summed E-state index contributed by atoms with van der Waals surface area (Å²) in [5, 5.41) is 3.75. The van der Waals surface area contributed by atoms with Gasteiger partial charge in [0.05, 0.1) is 6.04 Å². The molecule has 8 nitrogen and oxygen atoms in total. The lowest BCUT2D eigenvalue weighted by Crippen LogP contribution is -2.55. The Morgan fingerprint density at radius 2 is 1.82 bits per heavy atom. The van der Waals surface area contributed by atoms with Gasteiger partial charge in [0.2, 0.25) is 5.91 Å². The minimum atomic E-state index is -0.516. The fourth-order valence-corrected chi connectivity index (χ4v) is 6.32. The first-order valence-corrected chi connectivity index (χ1v) is 14.3. The number of fused-ring (bicyclic) bond motifs is 1. The average molecular weight is 534 g/mol. The van der Waals surface area contributed by atoms with E-state index in [2.05, 4.69) is 42.3 Å². The predicted molar refractivity (Wildman–Crippen MR) is 155 cm³/mol. The maximum absolute atomic E-state index is 13.0. The molecule has 1 saturated heterocycles. The van der Waals surface area contributed by atoms with E-state index in [-0.39, 0.29) is 36.0 Å². The highest BCUT2D eigenvalue weighted by atomic mass is 16.6. The van der Waals surface area contributed by atoms with Crippen LogP contribution in [-0.2, 0) is 9.53 Å². The van der Waals surface area contributed by atoms with Gasteiger partial charge in [-0.1, -0.05) is 13.0 Å². The van der Waals surface area contributed by atoms with E-state index >= 15 is 0 Å². The number of amides is 2. The van der Waals surface area contributed by atoms with Crippen LogP contribution in [0.1, 0.15) is 71.7 Å². The molecule has 1 N–H and O–H groups in total. The van der Waals surface area contributed by atoms with Gasteiger partial charge in [-0.3, -0.25) is 4.79 Å². The molecule has 2 fully saturated rings. The molecule has 1 aromatic carbocycles. The van der Waals surface area contributed by atoms with Crippen molar-refractivity contribution in [2.45, 2.75) is 85.0 Å². The Morgan fingerprint density at radius 3 is 2.44 bits per heavy atom. The van der Waals surface area contributed by atoms with Gasteiger partial charge in [0.15, 0.2) is 0 Å². The molecule has 2 amide bonds. The lowest BCUT2D eigenvalue weighted by molar-refractivity contribution is -0.117. The molecule has 3 heterocycles. The molecular formula is C31H43N5O3. The number of carbonyl (C=O) groups is 2. The summed E-state index contributed by atoms with van der Waals surface area (Å²) in [4.78, 5) is 36.7. The second-order valence-electron chi connectivity index (χ2n) is 12.6. The lowest BCUT2D eigenvalue weighted by atomic mass is 9.79. The molecule has 1 aliphatic carbocycles. The number of hydrogen-bond acceptors (Lipinski definition) is 6. The van der Waals surface area contributed by atoms with Gasteiger partial charge in [0.25, 0.3) is 0 Å². The zero-order chi connectivity index (χ0) is 28.1. The minimum Gasteiger partial charge on any atom is -0.444 e. The summed E-state index contributed by atoms with van der Waals surface area (Å²) >= 11 is 0. The monoisotopic (exact) mass is 533 g/mol. The summed E-state index contributed by atoms with van der Waals surface area (Å²) in [6.45, 7) is 15.8. The predicted octanol–water partition coefficient (Wildman–Crippen LogP) is 5.77. The van der Waals surface area contributed by atoms with E-state index in [0.29, 0.717) is 19.0 Å². The van der Waals surface area contributed by atoms with E-state index in [9.17, 15) is 9.59 Å². The van der Waals surface area contributed by atoms with Crippen LogP contribution < -0.4 is 15.1 Å². The van der Waals surface area contributed by atoms with Gasteiger partial charge in [-0.15, -0.1) is 0 Å². The second-order valence-corrected chi connectivity index (χ2v) is 12.6. The van der Waals surface area contributed by atoms with Crippen molar-refractivity contribution in [2.24, 2.45) is 11.8 Å². The van der Waals surface area contributed by atoms with E-state index in [1.807, 2.05) is 55.7 Å². The third kappa shape index (κ3) is 5.70. The number of rotatable bonds is 4. The number of aryl methyl sites for hydroxylation is 1. The van der Waals surface area contributed by atoms with Crippen LogP contribution in [0, 0.1) is 18.8 Å². The Kier molecular flexibility index (Phi) is 7.25. The first-order chi connectivity index (χ1) is 18.4. The maximum Gasteiger partial charge on any atom is 0.410 e. The molecule has 0 radical (unpaired) electrons. The van der Waals surface area contributed by atoms with Crippen LogP contribution in [0.4, 0.5) is 22.0 Å². The van der Waals surface area contributed by atoms with Gasteiger partial charge in [-0.05, 0) is 83.7 Å². The van der Waals surface area contributed by atoms with Crippen LogP contribution in [0.2, 0.25) is 0 Å². The van der Waals surface area contributed by atoms with Crippen LogP contribution in [-0.4, -0.2) is 59.2 Å². The molecule has 8 heteroatoms. The molecule has 210 valence electrons. The number of nitrogens with one attached hydrogen (secondary N) is 1. The fraction of sp³-hybridized carbons (Fsp3) is 0.581. The second kappa shape index (κ2) is 10.4. The number of aromatic nitrogens is 1. The van der Waals surface area contributed by atoms with Crippen molar-refractivity contribution in [3.63, 3.8) is 0 Å². The largest absolute Gasteiger partial charge is 0.444 e. The molecule has 2 aliphatic heterocycles. The van der Waals surface area contributed by atoms with Gasteiger partial charge >= 0.3 is 6.09 Å². The lowest BCUT2D eigenvalue weighted by Gasteiger charge is -2.46. The van der Waals surface area contributed by atoms with E-state index in [1.165, 1.54) is 12.8 Å². The average Bonchev–Trinajstić information content (AvgIpc) is 3.69. The van der Waals surface area contributed by atoms with Crippen molar-refractivity contribution in [2.75, 3.05) is 34.8 Å². The van der Waals surface area contributed by atoms with Gasteiger partial charge < -0.3 is 24.8 Å². The molecule has 4 atom stereocenters. The SMILES string of the molecule is CC(=O)N1c2ccc(N3CCN(C(=O)OC(C)(C)C)C(C)C3)cc2[C@H](Nc2cccc(C)n2)[C@@H](C)[C@@H]1C1CC1. The van der Waals surface area contributed by atoms with Gasteiger partial charge in [-0.25, -0.2) is 9.78 Å². The van der Waals surface area contributed by atoms with E-state index in [0.717, 1.165) is 35.0 Å². The summed E-state index contributed by atoms with van der Waals surface area (Å²) in [5.74, 6) is 1.70. The van der Waals surface area contributed by atoms with Crippen molar-refractivity contribution in [3.05, 3.63) is 47.7 Å². The molecule has 0 bridgehead atoms. The van der Waals surface area contributed by atoms with E-state index in [4.69, 9.17) is 9.72 Å². The Hall–Kier alpha value is -3.29. The number of pyridine rings is 1. The zero-order valence-corrected chi connectivity index (χ0v) is 24.4. The number of carbonyl (C=O) groups excluding carboxylic acids is 2. The molecule has 1 saturated carbocycles. The molecule has 39 heavy (non-hydrogen) atoms. The summed E-state index contributed by atoms with van der Waals surface area (Å²) in [5.41, 5.74) is 3.68. The molecule has 2 aromatic rings. The van der Waals surface area contributed by atoms with Crippen LogP contribution >= 0.6 is 0 Å². The fourth-order valence-electron chi connectivity index (χ4n) is 6.32. The molecule has 0 spiro atoms. The molecule has 1 unspecified atom stereocenters. The smallest absolute Gasteiger partial charge is 0.410 e. The molecule has 5 rings (SSSR count). The van der Waals surface area contributed by atoms with Gasteiger partial charge in [0, 0.05) is 67.2 Å². The Labute approximate surface area is 232 Å². The highest BCUT2D eigenvalue weighted by Crippen LogP contribution is 2.50. The normalized spacial score (nSPS) is 25.3. The summed E-state index contributed by atoms with van der Waals surface area (Å²) in [7, 11) is 0. The first kappa shape index (κ1) is 27.3. The number of ether oxygens (including phenoxy) is 1. The summed E-state index contributed by atoms with van der Waals surface area (Å²) < 4.78 is 5.64. The standard InChI is InChI=1S/C31H43N5O3/c1-19-9-8-10-27(32-19)33-28-21(3)29(23-11-12-23)36(22(4)37)26-14-13-24(17-25(26)28)34-15-16-35(20(2)18-34)30(38)39-31(5,6)7/h8-10,13-14,17,20-21,23,28-29H,11-12,15-16,18H2,1-7H3,(H,32,33)/t20?,21-,28-,29-/m1/s1. The summed E-state index contributed by atoms with van der Waals surface area (Å²) in [6, 6.07) is 12.8. The molecule has 1 aromatic heterocycles. The van der Waals surface area contributed by atoms with Crippen molar-refractivity contribution >= 4 is 29.2 Å². The van der Waals surface area contributed by atoms with Crippen LogP contribution in [0.3, 0.4) is 0 Å². The Bertz CT molecular complexity index is 1240. The topological polar surface area (TPSA) is 78.0 Å². The summed E-state index contributed by atoms with van der Waals surface area (Å²) in [6.07, 6.45) is 2.08. The number of nitrogens with zero attached hydrogens (tertiary/aromatic N) is 4. The van der Waals surface area contributed by atoms with Gasteiger partial charge in [-0.2, -0.15) is 0 Å². The van der Waals surface area contributed by atoms with Crippen molar-refractivity contribution in [1.82, 2.24) is 9.88 Å². The van der Waals surface area contributed by atoms with Crippen molar-refractivity contribution < 1.29 is 14.3 Å². The first-order valence-electron chi connectivity index (χ1n) is 14.3. The maximum atomic E-state index is 13.0. The van der Waals surface area contributed by atoms with Crippen molar-refractivity contribution in [1.29, 1.82) is 0 Å². The third-order valence-corrected chi connectivity index (χ3v) is 8.22. The minimum absolute atomic E-state index is 0.0157. The van der Waals surface area contributed by atoms with Crippen molar-refractivity contribution in [3.8, 4) is 0 Å². The van der Waals surface area contributed by atoms with Gasteiger partial charge in [0.1, 0.15) is 11.4 Å². The van der Waals surface area contributed by atoms with Crippen LogP contribution in [0.5, 0.6) is 0 Å². The number of benzene rings is 1.